The van der Waals surface area contributed by atoms with E-state index in [4.69, 9.17) is 4.74 Å². The highest BCUT2D eigenvalue weighted by molar-refractivity contribution is 8.18. The molecule has 0 bridgehead atoms. The number of carbonyl (C=O) groups excluding carboxylic acids is 2. The van der Waals surface area contributed by atoms with Gasteiger partial charge in [0.2, 0.25) is 0 Å². The first kappa shape index (κ1) is 19.2. The van der Waals surface area contributed by atoms with Gasteiger partial charge in [-0.3, -0.25) is 14.5 Å². The Morgan fingerprint density at radius 1 is 1.15 bits per heavy atom. The Morgan fingerprint density at radius 2 is 1.85 bits per heavy atom. The average Bonchev–Trinajstić information content (AvgIpc) is 2.92. The third-order valence-electron chi connectivity index (χ3n) is 4.24. The lowest BCUT2D eigenvalue weighted by atomic mass is 10.1. The van der Waals surface area contributed by atoms with Gasteiger partial charge in [0.15, 0.2) is 0 Å². The Labute approximate surface area is 162 Å². The van der Waals surface area contributed by atoms with Crippen molar-refractivity contribution in [2.24, 2.45) is 0 Å². The maximum atomic E-state index is 13.0. The SMILES string of the molecule is CC[C@@H](C)Oc1ccccc1/C=C1/SC(=O)N(Cc2ccc(F)cc2)C1=O. The first-order chi connectivity index (χ1) is 13.0. The van der Waals surface area contributed by atoms with Crippen LogP contribution in [-0.4, -0.2) is 22.2 Å². The summed E-state index contributed by atoms with van der Waals surface area (Å²) in [5.41, 5.74) is 1.45. The van der Waals surface area contributed by atoms with Crippen LogP contribution in [0.25, 0.3) is 6.08 Å². The fraction of sp³-hybridized carbons (Fsp3) is 0.238. The number of imide groups is 1. The van der Waals surface area contributed by atoms with Crippen LogP contribution in [0.1, 0.15) is 31.4 Å². The molecule has 1 atom stereocenters. The van der Waals surface area contributed by atoms with E-state index in [2.05, 4.69) is 0 Å². The monoisotopic (exact) mass is 385 g/mol. The molecule has 1 saturated heterocycles. The highest BCUT2D eigenvalue weighted by Crippen LogP contribution is 2.35. The maximum absolute atomic E-state index is 13.0. The molecule has 0 N–H and O–H groups in total. The van der Waals surface area contributed by atoms with Gasteiger partial charge in [0.25, 0.3) is 11.1 Å². The molecule has 2 aromatic rings. The number of rotatable bonds is 6. The summed E-state index contributed by atoms with van der Waals surface area (Å²) in [5, 5.41) is -0.337. The molecule has 6 heteroatoms. The summed E-state index contributed by atoms with van der Waals surface area (Å²) in [6, 6.07) is 13.2. The second-order valence-corrected chi connectivity index (χ2v) is 7.26. The molecule has 0 saturated carbocycles. The van der Waals surface area contributed by atoms with Crippen molar-refractivity contribution in [1.82, 2.24) is 4.90 Å². The molecule has 2 aromatic carbocycles. The molecule has 2 amide bonds. The van der Waals surface area contributed by atoms with Crippen molar-refractivity contribution in [1.29, 1.82) is 0 Å². The minimum Gasteiger partial charge on any atom is -0.490 e. The number of thioether (sulfide) groups is 1. The largest absolute Gasteiger partial charge is 0.490 e. The molecule has 27 heavy (non-hydrogen) atoms. The number of halogens is 1. The zero-order chi connectivity index (χ0) is 19.4. The quantitative estimate of drug-likeness (QED) is 0.638. The van der Waals surface area contributed by atoms with Crippen molar-refractivity contribution in [3.63, 3.8) is 0 Å². The van der Waals surface area contributed by atoms with Crippen LogP contribution in [0.3, 0.4) is 0 Å². The molecule has 0 unspecified atom stereocenters. The lowest BCUT2D eigenvalue weighted by molar-refractivity contribution is -0.123. The summed E-state index contributed by atoms with van der Waals surface area (Å²) in [5.74, 6) is -0.0319. The highest BCUT2D eigenvalue weighted by atomic mass is 32.2. The van der Waals surface area contributed by atoms with E-state index < -0.39 is 0 Å². The van der Waals surface area contributed by atoms with Crippen molar-refractivity contribution < 1.29 is 18.7 Å². The van der Waals surface area contributed by atoms with E-state index in [1.165, 1.54) is 17.0 Å². The van der Waals surface area contributed by atoms with Gasteiger partial charge >= 0.3 is 0 Å². The molecule has 0 radical (unpaired) electrons. The van der Waals surface area contributed by atoms with Gasteiger partial charge in [-0.25, -0.2) is 4.39 Å². The summed E-state index contributed by atoms with van der Waals surface area (Å²) in [4.78, 5) is 26.5. The second kappa shape index (κ2) is 8.39. The maximum Gasteiger partial charge on any atom is 0.293 e. The van der Waals surface area contributed by atoms with Crippen molar-refractivity contribution in [2.75, 3.05) is 0 Å². The number of benzene rings is 2. The van der Waals surface area contributed by atoms with E-state index in [1.807, 2.05) is 38.1 Å². The van der Waals surface area contributed by atoms with Gasteiger partial charge in [-0.2, -0.15) is 0 Å². The van der Waals surface area contributed by atoms with Gasteiger partial charge in [-0.1, -0.05) is 37.3 Å². The zero-order valence-corrected chi connectivity index (χ0v) is 16.0. The molecular weight excluding hydrogens is 365 g/mol. The van der Waals surface area contributed by atoms with E-state index in [0.717, 1.165) is 23.7 Å². The summed E-state index contributed by atoms with van der Waals surface area (Å²) < 4.78 is 18.9. The molecule has 1 heterocycles. The molecule has 3 rings (SSSR count). The molecule has 0 spiro atoms. The van der Waals surface area contributed by atoms with E-state index in [9.17, 15) is 14.0 Å². The van der Waals surface area contributed by atoms with Gasteiger partial charge in [-0.05, 0) is 54.9 Å². The van der Waals surface area contributed by atoms with Crippen LogP contribution < -0.4 is 4.74 Å². The normalized spacial score (nSPS) is 16.9. The van der Waals surface area contributed by atoms with Crippen LogP contribution in [-0.2, 0) is 11.3 Å². The number of amides is 2. The summed E-state index contributed by atoms with van der Waals surface area (Å²) in [7, 11) is 0. The Kier molecular flexibility index (Phi) is 5.96. The minimum absolute atomic E-state index is 0.0492. The lowest BCUT2D eigenvalue weighted by Crippen LogP contribution is -2.27. The summed E-state index contributed by atoms with van der Waals surface area (Å²) >= 11 is 0.901. The highest BCUT2D eigenvalue weighted by Gasteiger charge is 2.35. The van der Waals surface area contributed by atoms with Crippen molar-refractivity contribution >= 4 is 29.0 Å². The number of nitrogens with zero attached hydrogens (tertiary/aromatic N) is 1. The van der Waals surface area contributed by atoms with Gasteiger partial charge in [-0.15, -0.1) is 0 Å². The molecular formula is C21H20FNO3S. The van der Waals surface area contributed by atoms with Crippen LogP contribution >= 0.6 is 11.8 Å². The van der Waals surface area contributed by atoms with E-state index in [1.54, 1.807) is 18.2 Å². The number of hydrogen-bond acceptors (Lipinski definition) is 4. The number of hydrogen-bond donors (Lipinski definition) is 0. The predicted molar refractivity (Wildman–Crippen MR) is 105 cm³/mol. The van der Waals surface area contributed by atoms with Gasteiger partial charge in [0.05, 0.1) is 17.6 Å². The molecule has 1 aliphatic rings. The molecule has 0 aliphatic carbocycles. The predicted octanol–water partition coefficient (Wildman–Crippen LogP) is 5.24. The van der Waals surface area contributed by atoms with Crippen LogP contribution in [0.15, 0.2) is 53.4 Å². The second-order valence-electron chi connectivity index (χ2n) is 6.27. The Hall–Kier alpha value is -2.60. The van der Waals surface area contributed by atoms with E-state index in [0.29, 0.717) is 16.2 Å². The third-order valence-corrected chi connectivity index (χ3v) is 5.14. The van der Waals surface area contributed by atoms with Crippen LogP contribution in [0.4, 0.5) is 9.18 Å². The van der Waals surface area contributed by atoms with Crippen LogP contribution in [0.5, 0.6) is 5.75 Å². The third kappa shape index (κ3) is 4.57. The molecule has 140 valence electrons. The fourth-order valence-corrected chi connectivity index (χ4v) is 3.39. The lowest BCUT2D eigenvalue weighted by Gasteiger charge is -2.15. The summed E-state index contributed by atoms with van der Waals surface area (Å²) in [6.07, 6.45) is 2.60. The average molecular weight is 385 g/mol. The topological polar surface area (TPSA) is 46.6 Å². The molecule has 4 nitrogen and oxygen atoms in total. The van der Waals surface area contributed by atoms with Crippen molar-refractivity contribution in [2.45, 2.75) is 32.9 Å². The standard InChI is InChI=1S/C21H20FNO3S/c1-3-14(2)26-18-7-5-4-6-16(18)12-19-20(24)23(21(25)27-19)13-15-8-10-17(22)11-9-15/h4-12,14H,3,13H2,1-2H3/b19-12+/t14-/m1/s1. The molecule has 0 aromatic heterocycles. The Morgan fingerprint density at radius 3 is 2.56 bits per heavy atom. The number of ether oxygens (including phenoxy) is 1. The van der Waals surface area contributed by atoms with E-state index >= 15 is 0 Å². The minimum atomic E-state index is -0.356. The van der Waals surface area contributed by atoms with Gasteiger partial charge in [0, 0.05) is 5.56 Å². The van der Waals surface area contributed by atoms with Crippen LogP contribution in [0.2, 0.25) is 0 Å². The van der Waals surface area contributed by atoms with E-state index in [-0.39, 0.29) is 29.6 Å². The Bertz CT molecular complexity index is 879. The molecule has 1 aliphatic heterocycles. The van der Waals surface area contributed by atoms with Crippen molar-refractivity contribution in [3.8, 4) is 5.75 Å². The number of para-hydroxylation sites is 1. The van der Waals surface area contributed by atoms with Crippen LogP contribution in [0, 0.1) is 5.82 Å². The smallest absolute Gasteiger partial charge is 0.293 e. The fourth-order valence-electron chi connectivity index (χ4n) is 2.56. The molecule has 1 fully saturated rings. The first-order valence-electron chi connectivity index (χ1n) is 8.73. The number of carbonyl (C=O) groups is 2. The van der Waals surface area contributed by atoms with Crippen molar-refractivity contribution in [3.05, 3.63) is 70.4 Å². The Balaban J connectivity index is 1.81. The van der Waals surface area contributed by atoms with Gasteiger partial charge < -0.3 is 4.74 Å². The summed E-state index contributed by atoms with van der Waals surface area (Å²) in [6.45, 7) is 4.13. The first-order valence-corrected chi connectivity index (χ1v) is 9.55. The zero-order valence-electron chi connectivity index (χ0n) is 15.1. The van der Waals surface area contributed by atoms with Gasteiger partial charge in [0.1, 0.15) is 11.6 Å².